The van der Waals surface area contributed by atoms with Gasteiger partial charge < -0.3 is 4.74 Å². The number of ether oxygens (including phenoxy) is 1. The Balaban J connectivity index is 2.23. The van der Waals surface area contributed by atoms with Crippen molar-refractivity contribution in [3.8, 4) is 0 Å². The van der Waals surface area contributed by atoms with E-state index in [-0.39, 0.29) is 12.0 Å². The molecule has 17 heavy (non-hydrogen) atoms. The molecule has 0 aromatic heterocycles. The maximum Gasteiger partial charge on any atom is 0.327 e. The monoisotopic (exact) mass is 233 g/mol. The Hall–Kier alpha value is -1.35. The summed E-state index contributed by atoms with van der Waals surface area (Å²) in [4.78, 5) is 11.8. The SMILES string of the molecule is COC(=O)C(NC1CC1)c1ccc(C)c(C)c1. The number of hydrogen-bond donors (Lipinski definition) is 1. The number of methoxy groups -OCH3 is 1. The van der Waals surface area contributed by atoms with Gasteiger partial charge in [0.1, 0.15) is 6.04 Å². The van der Waals surface area contributed by atoms with Crippen LogP contribution in [0, 0.1) is 13.8 Å². The Bertz CT molecular complexity index is 424. The molecule has 1 aliphatic carbocycles. The van der Waals surface area contributed by atoms with Gasteiger partial charge in [0.2, 0.25) is 0 Å². The maximum absolute atomic E-state index is 11.8. The van der Waals surface area contributed by atoms with Gasteiger partial charge in [0, 0.05) is 6.04 Å². The minimum absolute atomic E-state index is 0.208. The lowest BCUT2D eigenvalue weighted by molar-refractivity contribution is -0.143. The first-order valence-electron chi connectivity index (χ1n) is 6.03. The molecule has 3 nitrogen and oxygen atoms in total. The summed E-state index contributed by atoms with van der Waals surface area (Å²) in [5, 5.41) is 3.33. The summed E-state index contributed by atoms with van der Waals surface area (Å²) in [5.41, 5.74) is 3.43. The maximum atomic E-state index is 11.8. The summed E-state index contributed by atoms with van der Waals surface area (Å²) >= 11 is 0. The highest BCUT2D eigenvalue weighted by molar-refractivity contribution is 5.77. The summed E-state index contributed by atoms with van der Waals surface area (Å²) in [7, 11) is 1.44. The van der Waals surface area contributed by atoms with Gasteiger partial charge in [-0.1, -0.05) is 18.2 Å². The number of aryl methyl sites for hydroxylation is 2. The number of hydrogen-bond acceptors (Lipinski definition) is 3. The van der Waals surface area contributed by atoms with Crippen LogP contribution in [0.5, 0.6) is 0 Å². The molecule has 3 heteroatoms. The van der Waals surface area contributed by atoms with Gasteiger partial charge in [-0.3, -0.25) is 5.32 Å². The summed E-state index contributed by atoms with van der Waals surface area (Å²) in [6, 6.07) is 6.26. The van der Waals surface area contributed by atoms with Crippen LogP contribution in [0.3, 0.4) is 0 Å². The molecule has 1 fully saturated rings. The molecule has 0 radical (unpaired) electrons. The van der Waals surface area contributed by atoms with Crippen LogP contribution in [0.25, 0.3) is 0 Å². The van der Waals surface area contributed by atoms with Gasteiger partial charge in [0.05, 0.1) is 7.11 Å². The lowest BCUT2D eigenvalue weighted by atomic mass is 10.0. The van der Waals surface area contributed by atoms with Crippen molar-refractivity contribution >= 4 is 5.97 Å². The fourth-order valence-electron chi connectivity index (χ4n) is 1.85. The predicted molar refractivity (Wildman–Crippen MR) is 66.8 cm³/mol. The molecule has 0 heterocycles. The van der Waals surface area contributed by atoms with Crippen LogP contribution in [-0.2, 0) is 9.53 Å². The minimum atomic E-state index is -0.327. The van der Waals surface area contributed by atoms with E-state index < -0.39 is 0 Å². The second-order valence-corrected chi connectivity index (χ2v) is 4.74. The molecule has 0 aliphatic heterocycles. The lowest BCUT2D eigenvalue weighted by Crippen LogP contribution is -2.31. The van der Waals surface area contributed by atoms with Gasteiger partial charge in [-0.2, -0.15) is 0 Å². The molecule has 1 atom stereocenters. The van der Waals surface area contributed by atoms with Crippen LogP contribution >= 0.6 is 0 Å². The van der Waals surface area contributed by atoms with Crippen molar-refractivity contribution in [3.63, 3.8) is 0 Å². The minimum Gasteiger partial charge on any atom is -0.468 e. The fourth-order valence-corrected chi connectivity index (χ4v) is 1.85. The fraction of sp³-hybridized carbons (Fsp3) is 0.500. The van der Waals surface area contributed by atoms with E-state index in [1.54, 1.807) is 0 Å². The van der Waals surface area contributed by atoms with Crippen molar-refractivity contribution in [1.29, 1.82) is 0 Å². The highest BCUT2D eigenvalue weighted by atomic mass is 16.5. The van der Waals surface area contributed by atoms with Crippen molar-refractivity contribution in [2.45, 2.75) is 38.8 Å². The summed E-state index contributed by atoms with van der Waals surface area (Å²) < 4.78 is 4.86. The van der Waals surface area contributed by atoms with E-state index in [9.17, 15) is 4.79 Å². The predicted octanol–water partition coefficient (Wildman–Crippen LogP) is 2.27. The average Bonchev–Trinajstić information content (AvgIpc) is 3.13. The molecular weight excluding hydrogens is 214 g/mol. The Morgan fingerprint density at radius 2 is 2.06 bits per heavy atom. The zero-order chi connectivity index (χ0) is 12.4. The number of nitrogens with one attached hydrogen (secondary N) is 1. The molecule has 0 amide bonds. The first-order valence-corrected chi connectivity index (χ1v) is 6.03. The Labute approximate surface area is 102 Å². The second kappa shape index (κ2) is 4.88. The number of rotatable bonds is 4. The molecule has 1 saturated carbocycles. The molecule has 1 aliphatic rings. The van der Waals surface area contributed by atoms with Gasteiger partial charge in [-0.25, -0.2) is 4.79 Å². The normalized spacial score (nSPS) is 16.6. The summed E-state index contributed by atoms with van der Waals surface area (Å²) in [5.74, 6) is -0.208. The topological polar surface area (TPSA) is 38.3 Å². The average molecular weight is 233 g/mol. The first-order chi connectivity index (χ1) is 8.11. The number of esters is 1. The van der Waals surface area contributed by atoms with E-state index in [0.29, 0.717) is 6.04 Å². The summed E-state index contributed by atoms with van der Waals surface area (Å²) in [6.07, 6.45) is 2.30. The third kappa shape index (κ3) is 2.86. The Kier molecular flexibility index (Phi) is 3.48. The van der Waals surface area contributed by atoms with Crippen LogP contribution in [-0.4, -0.2) is 19.1 Å². The van der Waals surface area contributed by atoms with E-state index in [2.05, 4.69) is 31.3 Å². The van der Waals surface area contributed by atoms with Gasteiger partial charge in [-0.05, 0) is 43.4 Å². The van der Waals surface area contributed by atoms with Gasteiger partial charge in [0.15, 0.2) is 0 Å². The first kappa shape index (κ1) is 12.1. The van der Waals surface area contributed by atoms with Gasteiger partial charge in [-0.15, -0.1) is 0 Å². The quantitative estimate of drug-likeness (QED) is 0.811. The molecule has 1 aromatic carbocycles. The Morgan fingerprint density at radius 1 is 1.35 bits per heavy atom. The van der Waals surface area contributed by atoms with E-state index in [1.165, 1.54) is 18.2 Å². The van der Waals surface area contributed by atoms with E-state index in [0.717, 1.165) is 18.4 Å². The molecule has 1 unspecified atom stereocenters. The third-order valence-corrected chi connectivity index (χ3v) is 3.28. The number of benzene rings is 1. The van der Waals surface area contributed by atoms with Crippen molar-refractivity contribution in [3.05, 3.63) is 34.9 Å². The van der Waals surface area contributed by atoms with Crippen LogP contribution in [0.1, 0.15) is 35.6 Å². The molecule has 0 saturated heterocycles. The van der Waals surface area contributed by atoms with Crippen LogP contribution in [0.2, 0.25) is 0 Å². The van der Waals surface area contributed by atoms with E-state index in [1.807, 2.05) is 6.07 Å². The molecule has 92 valence electrons. The zero-order valence-corrected chi connectivity index (χ0v) is 10.6. The second-order valence-electron chi connectivity index (χ2n) is 4.74. The van der Waals surface area contributed by atoms with Crippen molar-refractivity contribution < 1.29 is 9.53 Å². The van der Waals surface area contributed by atoms with Crippen molar-refractivity contribution in [1.82, 2.24) is 5.32 Å². The van der Waals surface area contributed by atoms with Crippen LogP contribution < -0.4 is 5.32 Å². The zero-order valence-electron chi connectivity index (χ0n) is 10.6. The standard InChI is InChI=1S/C14H19NO2/c1-9-4-5-11(8-10(9)2)13(14(16)17-3)15-12-6-7-12/h4-5,8,12-13,15H,6-7H2,1-3H3. The molecule has 2 rings (SSSR count). The molecule has 1 N–H and O–H groups in total. The summed E-state index contributed by atoms with van der Waals surface area (Å²) in [6.45, 7) is 4.13. The highest BCUT2D eigenvalue weighted by Gasteiger charge is 2.30. The van der Waals surface area contributed by atoms with E-state index >= 15 is 0 Å². The molecule has 0 spiro atoms. The van der Waals surface area contributed by atoms with Gasteiger partial charge >= 0.3 is 5.97 Å². The number of carbonyl (C=O) groups is 1. The molecule has 1 aromatic rings. The molecule has 0 bridgehead atoms. The van der Waals surface area contributed by atoms with Crippen molar-refractivity contribution in [2.24, 2.45) is 0 Å². The van der Waals surface area contributed by atoms with E-state index in [4.69, 9.17) is 4.74 Å². The number of carbonyl (C=O) groups excluding carboxylic acids is 1. The Morgan fingerprint density at radius 3 is 2.59 bits per heavy atom. The van der Waals surface area contributed by atoms with Crippen molar-refractivity contribution in [2.75, 3.05) is 7.11 Å². The smallest absolute Gasteiger partial charge is 0.327 e. The lowest BCUT2D eigenvalue weighted by Gasteiger charge is -2.17. The van der Waals surface area contributed by atoms with Crippen LogP contribution in [0.4, 0.5) is 0 Å². The largest absolute Gasteiger partial charge is 0.468 e. The molecular formula is C14H19NO2. The highest BCUT2D eigenvalue weighted by Crippen LogP contribution is 2.26. The third-order valence-electron chi connectivity index (χ3n) is 3.28. The van der Waals surface area contributed by atoms with Crippen LogP contribution in [0.15, 0.2) is 18.2 Å². The van der Waals surface area contributed by atoms with Gasteiger partial charge in [0.25, 0.3) is 0 Å².